The Hall–Kier alpha value is -1.03. The predicted molar refractivity (Wildman–Crippen MR) is 88.3 cm³/mol. The Morgan fingerprint density at radius 2 is 1.95 bits per heavy atom. The maximum Gasteiger partial charge on any atom is 0.0736 e. The fraction of sp³-hybridized carbons (Fsp3) is 0.250. The molecule has 0 unspecified atom stereocenters. The van der Waals surface area contributed by atoms with Gasteiger partial charge < -0.3 is 10.1 Å². The molecule has 2 rings (SSSR count). The SMILES string of the molecule is CCOCc1ccccc1NCc1cc(Cl)ccc1Br. The highest BCUT2D eigenvalue weighted by Crippen LogP contribution is 2.23. The van der Waals surface area contributed by atoms with E-state index in [-0.39, 0.29) is 0 Å². The number of rotatable bonds is 6. The summed E-state index contributed by atoms with van der Waals surface area (Å²) in [5, 5.41) is 4.18. The molecule has 0 bridgehead atoms. The van der Waals surface area contributed by atoms with E-state index in [1.165, 1.54) is 0 Å². The van der Waals surface area contributed by atoms with Crippen LogP contribution >= 0.6 is 27.5 Å². The lowest BCUT2D eigenvalue weighted by Crippen LogP contribution is -2.04. The molecule has 0 heterocycles. The third-order valence-electron chi connectivity index (χ3n) is 2.96. The third kappa shape index (κ3) is 4.23. The molecule has 0 amide bonds. The molecule has 0 saturated heterocycles. The Bertz CT molecular complexity index is 574. The normalized spacial score (nSPS) is 10.6. The molecule has 2 aromatic rings. The summed E-state index contributed by atoms with van der Waals surface area (Å²) >= 11 is 9.57. The highest BCUT2D eigenvalue weighted by molar-refractivity contribution is 9.10. The molecule has 0 fully saturated rings. The highest BCUT2D eigenvalue weighted by Gasteiger charge is 2.04. The van der Waals surface area contributed by atoms with E-state index in [2.05, 4.69) is 33.4 Å². The van der Waals surface area contributed by atoms with E-state index >= 15 is 0 Å². The first-order valence-electron chi connectivity index (χ1n) is 6.54. The van der Waals surface area contributed by atoms with E-state index in [4.69, 9.17) is 16.3 Å². The minimum absolute atomic E-state index is 0.621. The van der Waals surface area contributed by atoms with Crippen LogP contribution in [0, 0.1) is 0 Å². The first-order chi connectivity index (χ1) is 9.70. The zero-order chi connectivity index (χ0) is 14.4. The van der Waals surface area contributed by atoms with Crippen LogP contribution in [-0.4, -0.2) is 6.61 Å². The lowest BCUT2D eigenvalue weighted by Gasteiger charge is -2.13. The first-order valence-corrected chi connectivity index (χ1v) is 7.71. The first kappa shape index (κ1) is 15.4. The lowest BCUT2D eigenvalue weighted by molar-refractivity contribution is 0.134. The summed E-state index contributed by atoms with van der Waals surface area (Å²) in [6, 6.07) is 14.0. The van der Waals surface area contributed by atoms with Crippen LogP contribution in [0.2, 0.25) is 5.02 Å². The molecule has 106 valence electrons. The molecule has 0 aliphatic rings. The van der Waals surface area contributed by atoms with Crippen molar-refractivity contribution in [3.8, 4) is 0 Å². The Morgan fingerprint density at radius 3 is 2.75 bits per heavy atom. The number of halogens is 2. The fourth-order valence-corrected chi connectivity index (χ4v) is 2.48. The van der Waals surface area contributed by atoms with Crippen LogP contribution in [0.4, 0.5) is 5.69 Å². The molecule has 2 nitrogen and oxygen atoms in total. The monoisotopic (exact) mass is 353 g/mol. The van der Waals surface area contributed by atoms with Gasteiger partial charge in [0, 0.05) is 33.9 Å². The molecule has 4 heteroatoms. The number of hydrogen-bond donors (Lipinski definition) is 1. The second kappa shape index (κ2) is 7.67. The third-order valence-corrected chi connectivity index (χ3v) is 3.96. The van der Waals surface area contributed by atoms with Crippen LogP contribution in [0.15, 0.2) is 46.9 Å². The van der Waals surface area contributed by atoms with Crippen molar-refractivity contribution >= 4 is 33.2 Å². The van der Waals surface area contributed by atoms with Gasteiger partial charge in [0.2, 0.25) is 0 Å². The predicted octanol–water partition coefficient (Wildman–Crippen LogP) is 5.25. The topological polar surface area (TPSA) is 21.3 Å². The number of nitrogens with one attached hydrogen (secondary N) is 1. The number of benzene rings is 2. The van der Waals surface area contributed by atoms with Crippen molar-refractivity contribution in [3.63, 3.8) is 0 Å². The van der Waals surface area contributed by atoms with Crippen molar-refractivity contribution in [1.82, 2.24) is 0 Å². The fourth-order valence-electron chi connectivity index (χ4n) is 1.90. The summed E-state index contributed by atoms with van der Waals surface area (Å²) in [6.07, 6.45) is 0. The lowest BCUT2D eigenvalue weighted by atomic mass is 10.1. The van der Waals surface area contributed by atoms with Crippen molar-refractivity contribution in [2.24, 2.45) is 0 Å². The van der Waals surface area contributed by atoms with Crippen molar-refractivity contribution < 1.29 is 4.74 Å². The molecule has 0 atom stereocenters. The molecule has 2 aromatic carbocycles. The quantitative estimate of drug-likeness (QED) is 0.765. The zero-order valence-corrected chi connectivity index (χ0v) is 13.7. The average molecular weight is 355 g/mol. The van der Waals surface area contributed by atoms with Gasteiger partial charge in [-0.25, -0.2) is 0 Å². The van der Waals surface area contributed by atoms with Gasteiger partial charge in [-0.3, -0.25) is 0 Å². The molecule has 20 heavy (non-hydrogen) atoms. The minimum Gasteiger partial charge on any atom is -0.381 e. The summed E-state index contributed by atoms with van der Waals surface area (Å²) in [5.41, 5.74) is 3.38. The highest BCUT2D eigenvalue weighted by atomic mass is 79.9. The summed E-state index contributed by atoms with van der Waals surface area (Å²) in [4.78, 5) is 0. The van der Waals surface area contributed by atoms with Gasteiger partial charge in [0.25, 0.3) is 0 Å². The van der Waals surface area contributed by atoms with Crippen molar-refractivity contribution in [3.05, 3.63) is 63.1 Å². The minimum atomic E-state index is 0.621. The maximum atomic E-state index is 6.03. The van der Waals surface area contributed by atoms with Gasteiger partial charge in [0.15, 0.2) is 0 Å². The van der Waals surface area contributed by atoms with Gasteiger partial charge in [0.1, 0.15) is 0 Å². The van der Waals surface area contributed by atoms with Crippen LogP contribution in [0.1, 0.15) is 18.1 Å². The van der Waals surface area contributed by atoms with Gasteiger partial charge >= 0.3 is 0 Å². The molecule has 0 spiro atoms. The zero-order valence-electron chi connectivity index (χ0n) is 11.3. The van der Waals surface area contributed by atoms with Crippen molar-refractivity contribution in [1.29, 1.82) is 0 Å². The maximum absolute atomic E-state index is 6.03. The van der Waals surface area contributed by atoms with Crippen LogP contribution in [0.5, 0.6) is 0 Å². The van der Waals surface area contributed by atoms with Crippen LogP contribution in [-0.2, 0) is 17.9 Å². The van der Waals surface area contributed by atoms with Gasteiger partial charge in [-0.1, -0.05) is 45.7 Å². The molecular weight excluding hydrogens is 338 g/mol. The summed E-state index contributed by atoms with van der Waals surface area (Å²) < 4.78 is 6.54. The van der Waals surface area contributed by atoms with Gasteiger partial charge in [-0.2, -0.15) is 0 Å². The van der Waals surface area contributed by atoms with E-state index in [1.54, 1.807) is 0 Å². The molecule has 0 aromatic heterocycles. The van der Waals surface area contributed by atoms with Crippen molar-refractivity contribution in [2.75, 3.05) is 11.9 Å². The molecule has 0 saturated carbocycles. The molecule has 0 aliphatic heterocycles. The number of ether oxygens (including phenoxy) is 1. The number of anilines is 1. The summed E-state index contributed by atoms with van der Waals surface area (Å²) in [6.45, 7) is 4.05. The van der Waals surface area contributed by atoms with E-state index in [0.717, 1.165) is 26.3 Å². The molecule has 0 aliphatic carbocycles. The largest absolute Gasteiger partial charge is 0.381 e. The van der Waals surface area contributed by atoms with Crippen LogP contribution in [0.3, 0.4) is 0 Å². The van der Waals surface area contributed by atoms with E-state index < -0.39 is 0 Å². The molecule has 0 radical (unpaired) electrons. The number of para-hydroxylation sites is 1. The van der Waals surface area contributed by atoms with E-state index in [0.29, 0.717) is 19.8 Å². The second-order valence-electron chi connectivity index (χ2n) is 4.38. The Balaban J connectivity index is 2.08. The Morgan fingerprint density at radius 1 is 1.15 bits per heavy atom. The smallest absolute Gasteiger partial charge is 0.0736 e. The van der Waals surface area contributed by atoms with Crippen LogP contribution < -0.4 is 5.32 Å². The van der Waals surface area contributed by atoms with Gasteiger partial charge in [-0.15, -0.1) is 0 Å². The second-order valence-corrected chi connectivity index (χ2v) is 5.67. The number of hydrogen-bond acceptors (Lipinski definition) is 2. The van der Waals surface area contributed by atoms with Gasteiger partial charge in [-0.05, 0) is 36.8 Å². The Kier molecular flexibility index (Phi) is 5.89. The Labute approximate surface area is 133 Å². The summed E-state index contributed by atoms with van der Waals surface area (Å²) in [5.74, 6) is 0. The van der Waals surface area contributed by atoms with Crippen LogP contribution in [0.25, 0.3) is 0 Å². The van der Waals surface area contributed by atoms with E-state index in [9.17, 15) is 0 Å². The average Bonchev–Trinajstić information content (AvgIpc) is 2.47. The van der Waals surface area contributed by atoms with Gasteiger partial charge in [0.05, 0.1) is 6.61 Å². The van der Waals surface area contributed by atoms with Crippen molar-refractivity contribution in [2.45, 2.75) is 20.1 Å². The standard InChI is InChI=1S/C16H17BrClNO/c1-2-20-11-12-5-3-4-6-16(12)19-10-13-9-14(18)7-8-15(13)17/h3-9,19H,2,10-11H2,1H3. The molecule has 1 N–H and O–H groups in total. The van der Waals surface area contributed by atoms with E-state index in [1.807, 2.05) is 37.3 Å². The summed E-state index contributed by atoms with van der Waals surface area (Å²) in [7, 11) is 0. The molecular formula is C16H17BrClNO.